The molecule has 21 heavy (non-hydrogen) atoms. The number of hydrogen-bond donors (Lipinski definition) is 1. The summed E-state index contributed by atoms with van der Waals surface area (Å²) in [7, 11) is 0. The normalized spacial score (nSPS) is 10.8. The number of aryl methyl sites for hydroxylation is 3. The summed E-state index contributed by atoms with van der Waals surface area (Å²) in [5.41, 5.74) is 4.78. The van der Waals surface area contributed by atoms with Crippen LogP contribution in [0.4, 0.5) is 5.69 Å². The van der Waals surface area contributed by atoms with E-state index in [2.05, 4.69) is 10.3 Å². The summed E-state index contributed by atoms with van der Waals surface area (Å²) in [6, 6.07) is 9.60. The molecule has 1 amide bonds. The minimum absolute atomic E-state index is 0.0883. The molecule has 0 saturated carbocycles. The molecule has 0 bridgehead atoms. The molecule has 2 aromatic heterocycles. The number of thiophene rings is 1. The van der Waals surface area contributed by atoms with Crippen molar-refractivity contribution in [1.82, 2.24) is 4.98 Å². The van der Waals surface area contributed by atoms with Gasteiger partial charge in [-0.05, 0) is 44.5 Å². The van der Waals surface area contributed by atoms with Crippen molar-refractivity contribution in [2.24, 2.45) is 0 Å². The Bertz CT molecular complexity index is 819. The van der Waals surface area contributed by atoms with Crippen molar-refractivity contribution >= 4 is 33.1 Å². The quantitative estimate of drug-likeness (QED) is 0.758. The Morgan fingerprint density at radius 2 is 1.86 bits per heavy atom. The molecule has 0 aliphatic carbocycles. The minimum Gasteiger partial charge on any atom is -0.321 e. The van der Waals surface area contributed by atoms with Crippen molar-refractivity contribution in [3.8, 4) is 0 Å². The van der Waals surface area contributed by atoms with Gasteiger partial charge in [-0.25, -0.2) is 4.98 Å². The summed E-state index contributed by atoms with van der Waals surface area (Å²) in [5.74, 6) is -0.0883. The van der Waals surface area contributed by atoms with Crippen LogP contribution in [0.5, 0.6) is 0 Å². The van der Waals surface area contributed by atoms with Gasteiger partial charge in [-0.15, -0.1) is 11.3 Å². The van der Waals surface area contributed by atoms with E-state index < -0.39 is 0 Å². The maximum atomic E-state index is 12.3. The molecular formula is C17H16N2OS. The molecule has 3 rings (SSSR count). The van der Waals surface area contributed by atoms with E-state index in [0.717, 1.165) is 32.7 Å². The summed E-state index contributed by atoms with van der Waals surface area (Å²) >= 11 is 1.56. The van der Waals surface area contributed by atoms with E-state index in [9.17, 15) is 4.79 Å². The molecule has 3 aromatic rings. The third-order valence-corrected chi connectivity index (χ3v) is 4.30. The van der Waals surface area contributed by atoms with Crippen molar-refractivity contribution in [2.45, 2.75) is 20.8 Å². The smallest absolute Gasteiger partial charge is 0.255 e. The van der Waals surface area contributed by atoms with Crippen LogP contribution in [-0.2, 0) is 0 Å². The largest absolute Gasteiger partial charge is 0.321 e. The van der Waals surface area contributed by atoms with E-state index in [0.29, 0.717) is 5.56 Å². The van der Waals surface area contributed by atoms with Crippen LogP contribution in [0.2, 0.25) is 0 Å². The van der Waals surface area contributed by atoms with Crippen molar-refractivity contribution < 1.29 is 4.79 Å². The van der Waals surface area contributed by atoms with Gasteiger partial charge in [0.1, 0.15) is 4.83 Å². The van der Waals surface area contributed by atoms with Gasteiger partial charge in [0.05, 0.1) is 5.69 Å². The van der Waals surface area contributed by atoms with Crippen LogP contribution in [0.25, 0.3) is 10.2 Å². The van der Waals surface area contributed by atoms with Crippen molar-refractivity contribution in [2.75, 3.05) is 5.32 Å². The highest BCUT2D eigenvalue weighted by Crippen LogP contribution is 2.32. The zero-order valence-electron chi connectivity index (χ0n) is 12.2. The maximum absolute atomic E-state index is 12.3. The molecule has 1 aromatic carbocycles. The van der Waals surface area contributed by atoms with Crippen LogP contribution in [0.1, 0.15) is 27.2 Å². The number of nitrogens with one attached hydrogen (secondary N) is 1. The Morgan fingerprint density at radius 1 is 1.14 bits per heavy atom. The Labute approximate surface area is 127 Å². The lowest BCUT2D eigenvalue weighted by molar-refractivity contribution is 0.102. The molecular weight excluding hydrogens is 280 g/mol. The summed E-state index contributed by atoms with van der Waals surface area (Å²) < 4.78 is 0. The first kappa shape index (κ1) is 13.8. The predicted molar refractivity (Wildman–Crippen MR) is 88.2 cm³/mol. The van der Waals surface area contributed by atoms with Gasteiger partial charge in [-0.2, -0.15) is 0 Å². The van der Waals surface area contributed by atoms with Crippen LogP contribution in [0.15, 0.2) is 35.7 Å². The third-order valence-electron chi connectivity index (χ3n) is 3.43. The standard InChI is InChI=1S/C17H16N2OS/c1-10-4-6-13(7-5-10)16(20)19-14-9-21-17-15(14)11(2)8-12(3)18-17/h4-9H,1-3H3,(H,19,20). The van der Waals surface area contributed by atoms with E-state index in [1.165, 1.54) is 0 Å². The third kappa shape index (κ3) is 2.67. The van der Waals surface area contributed by atoms with E-state index in [1.807, 2.05) is 56.5 Å². The average Bonchev–Trinajstić information content (AvgIpc) is 2.82. The Balaban J connectivity index is 1.95. The predicted octanol–water partition coefficient (Wildman–Crippen LogP) is 4.47. The van der Waals surface area contributed by atoms with Crippen LogP contribution < -0.4 is 5.32 Å². The Morgan fingerprint density at radius 3 is 2.57 bits per heavy atom. The Hall–Kier alpha value is -2.20. The van der Waals surface area contributed by atoms with Crippen LogP contribution >= 0.6 is 11.3 Å². The molecule has 2 heterocycles. The summed E-state index contributed by atoms with van der Waals surface area (Å²) in [5, 5.41) is 5.98. The lowest BCUT2D eigenvalue weighted by Crippen LogP contribution is -2.11. The van der Waals surface area contributed by atoms with Gasteiger partial charge in [-0.3, -0.25) is 4.79 Å². The van der Waals surface area contributed by atoms with Gasteiger partial charge in [-0.1, -0.05) is 17.7 Å². The number of hydrogen-bond acceptors (Lipinski definition) is 3. The topological polar surface area (TPSA) is 42.0 Å². The number of pyridine rings is 1. The SMILES string of the molecule is Cc1ccc(C(=O)Nc2csc3nc(C)cc(C)c23)cc1. The fourth-order valence-corrected chi connectivity index (χ4v) is 3.37. The summed E-state index contributed by atoms with van der Waals surface area (Å²) in [4.78, 5) is 17.8. The number of aromatic nitrogens is 1. The number of carbonyl (C=O) groups excluding carboxylic acids is 1. The lowest BCUT2D eigenvalue weighted by atomic mass is 10.1. The highest BCUT2D eigenvalue weighted by atomic mass is 32.1. The molecule has 106 valence electrons. The highest BCUT2D eigenvalue weighted by Gasteiger charge is 2.12. The first-order valence-corrected chi connectivity index (χ1v) is 7.66. The summed E-state index contributed by atoms with van der Waals surface area (Å²) in [6.07, 6.45) is 0. The van der Waals surface area contributed by atoms with Gasteiger partial charge in [0.25, 0.3) is 5.91 Å². The molecule has 4 heteroatoms. The zero-order chi connectivity index (χ0) is 15.0. The first-order chi connectivity index (χ1) is 10.0. The number of benzene rings is 1. The molecule has 0 atom stereocenters. The van der Waals surface area contributed by atoms with Crippen molar-refractivity contribution in [1.29, 1.82) is 0 Å². The van der Waals surface area contributed by atoms with Gasteiger partial charge in [0, 0.05) is 22.0 Å². The average molecular weight is 296 g/mol. The molecule has 0 fully saturated rings. The van der Waals surface area contributed by atoms with Crippen molar-refractivity contribution in [3.63, 3.8) is 0 Å². The Kier molecular flexibility index (Phi) is 3.47. The number of amides is 1. The second-order valence-electron chi connectivity index (χ2n) is 5.23. The minimum atomic E-state index is -0.0883. The van der Waals surface area contributed by atoms with Crippen LogP contribution in [0.3, 0.4) is 0 Å². The molecule has 3 nitrogen and oxygen atoms in total. The van der Waals surface area contributed by atoms with Crippen molar-refractivity contribution in [3.05, 3.63) is 58.1 Å². The van der Waals surface area contributed by atoms with Gasteiger partial charge >= 0.3 is 0 Å². The van der Waals surface area contributed by atoms with Gasteiger partial charge < -0.3 is 5.32 Å². The molecule has 0 saturated heterocycles. The van der Waals surface area contributed by atoms with Crippen LogP contribution in [0, 0.1) is 20.8 Å². The lowest BCUT2D eigenvalue weighted by Gasteiger charge is -2.06. The number of carbonyl (C=O) groups is 1. The maximum Gasteiger partial charge on any atom is 0.255 e. The number of rotatable bonds is 2. The van der Waals surface area contributed by atoms with E-state index in [4.69, 9.17) is 0 Å². The van der Waals surface area contributed by atoms with E-state index >= 15 is 0 Å². The molecule has 0 aliphatic rings. The zero-order valence-corrected chi connectivity index (χ0v) is 13.0. The number of nitrogens with zero attached hydrogens (tertiary/aromatic N) is 1. The molecule has 0 radical (unpaired) electrons. The summed E-state index contributed by atoms with van der Waals surface area (Å²) in [6.45, 7) is 6.04. The number of anilines is 1. The second-order valence-corrected chi connectivity index (χ2v) is 6.09. The number of fused-ring (bicyclic) bond motifs is 1. The van der Waals surface area contributed by atoms with E-state index in [-0.39, 0.29) is 5.91 Å². The van der Waals surface area contributed by atoms with Gasteiger partial charge in [0.2, 0.25) is 0 Å². The molecule has 0 spiro atoms. The highest BCUT2D eigenvalue weighted by molar-refractivity contribution is 7.17. The van der Waals surface area contributed by atoms with E-state index in [1.54, 1.807) is 11.3 Å². The fraction of sp³-hybridized carbons (Fsp3) is 0.176. The monoisotopic (exact) mass is 296 g/mol. The van der Waals surface area contributed by atoms with Crippen LogP contribution in [-0.4, -0.2) is 10.9 Å². The first-order valence-electron chi connectivity index (χ1n) is 6.78. The fourth-order valence-electron chi connectivity index (χ4n) is 2.38. The molecule has 0 aliphatic heterocycles. The second kappa shape index (κ2) is 5.30. The van der Waals surface area contributed by atoms with Gasteiger partial charge in [0.15, 0.2) is 0 Å². The molecule has 1 N–H and O–H groups in total. The molecule has 0 unspecified atom stereocenters.